The highest BCUT2D eigenvalue weighted by atomic mass is 16.2. The van der Waals surface area contributed by atoms with Crippen molar-refractivity contribution in [1.29, 1.82) is 0 Å². The van der Waals surface area contributed by atoms with Gasteiger partial charge in [-0.15, -0.1) is 0 Å². The molecule has 1 saturated carbocycles. The van der Waals surface area contributed by atoms with E-state index in [2.05, 4.69) is 17.0 Å². The van der Waals surface area contributed by atoms with Crippen molar-refractivity contribution in [2.24, 2.45) is 0 Å². The zero-order valence-corrected chi connectivity index (χ0v) is 12.3. The van der Waals surface area contributed by atoms with E-state index < -0.39 is 0 Å². The molecule has 2 heterocycles. The summed E-state index contributed by atoms with van der Waals surface area (Å²) in [6.45, 7) is 6.88. The van der Waals surface area contributed by atoms with Gasteiger partial charge in [0.15, 0.2) is 6.20 Å². The standard InChI is InChI=1S/C18H15N3O/c1-19-10-7-13-5-6-14-16(12-13)21-11-3-4-15(21)17(22)20(2)18(14)8-9-18/h3-7,10-12H,8-9H2,2H3/b10-7+. The average Bonchev–Trinajstić information content (AvgIpc) is 3.21. The summed E-state index contributed by atoms with van der Waals surface area (Å²) in [5, 5.41) is 0. The van der Waals surface area contributed by atoms with Crippen molar-refractivity contribution in [3.05, 3.63) is 71.0 Å². The molecule has 1 aromatic heterocycles. The van der Waals surface area contributed by atoms with E-state index >= 15 is 0 Å². The van der Waals surface area contributed by atoms with Crippen molar-refractivity contribution in [3.8, 4) is 5.69 Å². The minimum atomic E-state index is -0.159. The number of amides is 1. The van der Waals surface area contributed by atoms with E-state index in [1.165, 1.54) is 11.8 Å². The Hall–Kier alpha value is -2.80. The van der Waals surface area contributed by atoms with Crippen molar-refractivity contribution in [2.75, 3.05) is 7.05 Å². The number of aromatic nitrogens is 1. The van der Waals surface area contributed by atoms with Crippen LogP contribution in [0.15, 0.2) is 42.7 Å². The fourth-order valence-corrected chi connectivity index (χ4v) is 3.40. The Balaban J connectivity index is 1.99. The largest absolute Gasteiger partial charge is 0.331 e. The van der Waals surface area contributed by atoms with Gasteiger partial charge in [0, 0.05) is 18.8 Å². The van der Waals surface area contributed by atoms with E-state index in [4.69, 9.17) is 6.57 Å². The molecule has 4 heteroatoms. The summed E-state index contributed by atoms with van der Waals surface area (Å²) in [5.41, 5.74) is 3.75. The summed E-state index contributed by atoms with van der Waals surface area (Å²) in [6.07, 6.45) is 7.20. The molecule has 0 atom stereocenters. The quantitative estimate of drug-likeness (QED) is 0.739. The van der Waals surface area contributed by atoms with E-state index in [9.17, 15) is 4.79 Å². The second kappa shape index (κ2) is 4.35. The molecular weight excluding hydrogens is 274 g/mol. The molecule has 4 rings (SSSR count). The topological polar surface area (TPSA) is 29.6 Å². The van der Waals surface area contributed by atoms with Crippen LogP contribution in [0.3, 0.4) is 0 Å². The minimum Gasteiger partial charge on any atom is -0.331 e. The first-order valence-corrected chi connectivity index (χ1v) is 7.31. The smallest absolute Gasteiger partial charge is 0.271 e. The van der Waals surface area contributed by atoms with Gasteiger partial charge in [0.05, 0.1) is 17.8 Å². The van der Waals surface area contributed by atoms with Crippen LogP contribution >= 0.6 is 0 Å². The molecular formula is C18H15N3O. The van der Waals surface area contributed by atoms with Gasteiger partial charge in [-0.05, 0) is 36.6 Å². The highest BCUT2D eigenvalue weighted by Crippen LogP contribution is 2.54. The van der Waals surface area contributed by atoms with Crippen LogP contribution in [-0.4, -0.2) is 22.4 Å². The third kappa shape index (κ3) is 1.59. The van der Waals surface area contributed by atoms with Gasteiger partial charge in [0.2, 0.25) is 0 Å². The number of fused-ring (bicyclic) bond motifs is 4. The Morgan fingerprint density at radius 3 is 2.86 bits per heavy atom. The molecule has 1 aromatic carbocycles. The highest BCUT2D eigenvalue weighted by molar-refractivity contribution is 5.95. The summed E-state index contributed by atoms with van der Waals surface area (Å²) >= 11 is 0. The summed E-state index contributed by atoms with van der Waals surface area (Å²) < 4.78 is 1.97. The van der Waals surface area contributed by atoms with Crippen LogP contribution in [0.5, 0.6) is 0 Å². The lowest BCUT2D eigenvalue weighted by Gasteiger charge is -2.27. The van der Waals surface area contributed by atoms with Gasteiger partial charge >= 0.3 is 0 Å². The molecule has 0 unspecified atom stereocenters. The molecule has 1 amide bonds. The van der Waals surface area contributed by atoms with Crippen LogP contribution in [-0.2, 0) is 5.54 Å². The Labute approximate surface area is 129 Å². The van der Waals surface area contributed by atoms with Crippen LogP contribution in [0.25, 0.3) is 16.6 Å². The number of rotatable bonds is 1. The van der Waals surface area contributed by atoms with Crippen LogP contribution < -0.4 is 0 Å². The third-order valence-corrected chi connectivity index (χ3v) is 4.76. The van der Waals surface area contributed by atoms with Crippen molar-refractivity contribution in [2.45, 2.75) is 18.4 Å². The number of benzene rings is 1. The molecule has 1 spiro atoms. The predicted molar refractivity (Wildman–Crippen MR) is 84.4 cm³/mol. The first-order valence-electron chi connectivity index (χ1n) is 7.31. The van der Waals surface area contributed by atoms with Gasteiger partial charge in [-0.2, -0.15) is 0 Å². The van der Waals surface area contributed by atoms with E-state index in [0.717, 1.165) is 24.1 Å². The van der Waals surface area contributed by atoms with Gasteiger partial charge in [-0.1, -0.05) is 18.2 Å². The van der Waals surface area contributed by atoms with Gasteiger partial charge in [-0.3, -0.25) is 4.79 Å². The average molecular weight is 289 g/mol. The first-order chi connectivity index (χ1) is 10.7. The fourth-order valence-electron chi connectivity index (χ4n) is 3.40. The maximum atomic E-state index is 12.7. The molecule has 0 N–H and O–H groups in total. The van der Waals surface area contributed by atoms with Crippen LogP contribution in [0.4, 0.5) is 0 Å². The lowest BCUT2D eigenvalue weighted by Crippen LogP contribution is -2.36. The van der Waals surface area contributed by atoms with E-state index in [-0.39, 0.29) is 11.4 Å². The van der Waals surface area contributed by atoms with Crippen molar-refractivity contribution in [3.63, 3.8) is 0 Å². The van der Waals surface area contributed by atoms with Crippen LogP contribution in [0.1, 0.15) is 34.5 Å². The van der Waals surface area contributed by atoms with Crippen LogP contribution in [0.2, 0.25) is 0 Å². The monoisotopic (exact) mass is 289 g/mol. The molecule has 2 aliphatic rings. The summed E-state index contributed by atoms with van der Waals surface area (Å²) in [7, 11) is 1.90. The predicted octanol–water partition coefficient (Wildman–Crippen LogP) is 3.44. The maximum Gasteiger partial charge on any atom is 0.271 e. The summed E-state index contributed by atoms with van der Waals surface area (Å²) in [6, 6.07) is 9.95. The number of carbonyl (C=O) groups excluding carboxylic acids is 1. The SMILES string of the molecule is [C-]#[N+]/C=C/c1ccc2c(c1)-n1cccc1C(=O)N(C)C21CC1. The Morgan fingerprint density at radius 1 is 1.32 bits per heavy atom. The third-order valence-electron chi connectivity index (χ3n) is 4.76. The van der Waals surface area contributed by atoms with Gasteiger partial charge in [0.25, 0.3) is 5.91 Å². The Morgan fingerprint density at radius 2 is 2.14 bits per heavy atom. The molecule has 1 aliphatic heterocycles. The molecule has 1 fully saturated rings. The minimum absolute atomic E-state index is 0.0666. The molecule has 108 valence electrons. The molecule has 0 saturated heterocycles. The highest BCUT2D eigenvalue weighted by Gasteiger charge is 2.53. The molecule has 0 radical (unpaired) electrons. The number of carbonyl (C=O) groups is 1. The van der Waals surface area contributed by atoms with Gasteiger partial charge in [0.1, 0.15) is 5.69 Å². The molecule has 1 aliphatic carbocycles. The molecule has 2 aromatic rings. The summed E-state index contributed by atoms with van der Waals surface area (Å²) in [5.74, 6) is 0.0666. The van der Waals surface area contributed by atoms with Gasteiger partial charge < -0.3 is 9.47 Å². The normalized spacial score (nSPS) is 18.0. The number of nitrogens with zero attached hydrogens (tertiary/aromatic N) is 3. The summed E-state index contributed by atoms with van der Waals surface area (Å²) in [4.78, 5) is 17.9. The zero-order chi connectivity index (χ0) is 15.3. The van der Waals surface area contributed by atoms with E-state index in [0.29, 0.717) is 5.69 Å². The van der Waals surface area contributed by atoms with Gasteiger partial charge in [-0.25, -0.2) is 4.85 Å². The Kier molecular flexibility index (Phi) is 2.55. The number of hydrogen-bond acceptors (Lipinski definition) is 1. The fraction of sp³-hybridized carbons (Fsp3) is 0.222. The molecule has 22 heavy (non-hydrogen) atoms. The second-order valence-corrected chi connectivity index (χ2v) is 5.88. The maximum absolute atomic E-state index is 12.7. The first kappa shape index (κ1) is 12.9. The van der Waals surface area contributed by atoms with Crippen LogP contribution in [0, 0.1) is 6.57 Å². The van der Waals surface area contributed by atoms with E-state index in [1.807, 2.05) is 40.9 Å². The zero-order valence-electron chi connectivity index (χ0n) is 12.3. The molecule has 4 nitrogen and oxygen atoms in total. The van der Waals surface area contributed by atoms with E-state index in [1.54, 1.807) is 6.08 Å². The lowest BCUT2D eigenvalue weighted by molar-refractivity contribution is 0.0705. The lowest BCUT2D eigenvalue weighted by atomic mass is 9.99. The Bertz CT molecular complexity index is 849. The molecule has 0 bridgehead atoms. The van der Waals surface area contributed by atoms with Crippen molar-refractivity contribution < 1.29 is 4.79 Å². The van der Waals surface area contributed by atoms with Crippen molar-refractivity contribution in [1.82, 2.24) is 9.47 Å². The second-order valence-electron chi connectivity index (χ2n) is 5.88. The van der Waals surface area contributed by atoms with Crippen molar-refractivity contribution >= 4 is 12.0 Å². The number of hydrogen-bond donors (Lipinski definition) is 0.